The number of fused-ring (bicyclic) bond motifs is 1. The van der Waals surface area contributed by atoms with Crippen molar-refractivity contribution in [3.05, 3.63) is 29.3 Å². The zero-order chi connectivity index (χ0) is 18.3. The molecule has 3 aliphatic heterocycles. The number of ether oxygens (including phenoxy) is 2. The van der Waals surface area contributed by atoms with Crippen LogP contribution in [-0.4, -0.2) is 68.4 Å². The van der Waals surface area contributed by atoms with Crippen LogP contribution in [0.25, 0.3) is 0 Å². The smallest absolute Gasteiger partial charge is 0.119 e. The molecule has 1 atom stereocenters. The van der Waals surface area contributed by atoms with E-state index >= 15 is 0 Å². The van der Waals surface area contributed by atoms with Crippen molar-refractivity contribution in [1.82, 2.24) is 9.80 Å². The molecule has 1 aromatic carbocycles. The minimum atomic E-state index is 0.463. The summed E-state index contributed by atoms with van der Waals surface area (Å²) in [6.45, 7) is 8.94. The van der Waals surface area contributed by atoms with Crippen LogP contribution < -0.4 is 4.74 Å². The zero-order valence-electron chi connectivity index (χ0n) is 16.8. The van der Waals surface area contributed by atoms with Crippen LogP contribution in [0.5, 0.6) is 5.75 Å². The lowest BCUT2D eigenvalue weighted by molar-refractivity contribution is 0.0746. The Labute approximate surface area is 164 Å². The Kier molecular flexibility index (Phi) is 7.05. The van der Waals surface area contributed by atoms with Crippen molar-refractivity contribution in [3.8, 4) is 5.75 Å². The van der Waals surface area contributed by atoms with Gasteiger partial charge in [0.1, 0.15) is 5.75 Å². The molecule has 150 valence electrons. The average molecular weight is 373 g/mol. The van der Waals surface area contributed by atoms with E-state index in [1.54, 1.807) is 0 Å². The second-order valence-corrected chi connectivity index (χ2v) is 8.47. The lowest BCUT2D eigenvalue weighted by Gasteiger charge is -2.26. The fourth-order valence-corrected chi connectivity index (χ4v) is 4.76. The second-order valence-electron chi connectivity index (χ2n) is 8.47. The summed E-state index contributed by atoms with van der Waals surface area (Å²) in [7, 11) is 0. The topological polar surface area (TPSA) is 24.9 Å². The van der Waals surface area contributed by atoms with Gasteiger partial charge in [0.25, 0.3) is 0 Å². The van der Waals surface area contributed by atoms with E-state index in [9.17, 15) is 0 Å². The number of hydrogen-bond acceptors (Lipinski definition) is 4. The Hall–Kier alpha value is -1.10. The predicted molar refractivity (Wildman–Crippen MR) is 110 cm³/mol. The number of hydrogen-bond donors (Lipinski definition) is 0. The number of nitrogens with zero attached hydrogens (tertiary/aromatic N) is 2. The van der Waals surface area contributed by atoms with Gasteiger partial charge >= 0.3 is 0 Å². The summed E-state index contributed by atoms with van der Waals surface area (Å²) < 4.78 is 11.9. The van der Waals surface area contributed by atoms with Gasteiger partial charge in [0.15, 0.2) is 0 Å². The van der Waals surface area contributed by atoms with Gasteiger partial charge in [-0.05, 0) is 81.3 Å². The molecule has 0 bridgehead atoms. The number of benzene rings is 1. The molecule has 0 aliphatic carbocycles. The molecule has 1 aromatic rings. The van der Waals surface area contributed by atoms with Gasteiger partial charge < -0.3 is 19.3 Å². The quantitative estimate of drug-likeness (QED) is 0.684. The van der Waals surface area contributed by atoms with E-state index in [-0.39, 0.29) is 0 Å². The first kappa shape index (κ1) is 19.2. The van der Waals surface area contributed by atoms with Gasteiger partial charge in [-0.2, -0.15) is 0 Å². The number of rotatable bonds is 7. The molecule has 0 radical (unpaired) electrons. The third kappa shape index (κ3) is 5.69. The normalized spacial score (nSPS) is 24.5. The van der Waals surface area contributed by atoms with E-state index in [1.165, 1.54) is 62.9 Å². The van der Waals surface area contributed by atoms with Crippen molar-refractivity contribution < 1.29 is 9.47 Å². The third-order valence-electron chi connectivity index (χ3n) is 6.39. The molecule has 0 aromatic heterocycles. The number of piperidine rings is 1. The first-order chi connectivity index (χ1) is 13.4. The molecular weight excluding hydrogens is 336 g/mol. The molecule has 2 saturated heterocycles. The number of likely N-dealkylation sites (tertiary alicyclic amines) is 1. The maximum atomic E-state index is 6.08. The predicted octanol–water partition coefficient (Wildman–Crippen LogP) is 3.52. The van der Waals surface area contributed by atoms with Gasteiger partial charge in [-0.1, -0.05) is 12.5 Å². The molecular formula is C23H36N2O2. The largest absolute Gasteiger partial charge is 0.494 e. The van der Waals surface area contributed by atoms with E-state index in [1.807, 2.05) is 0 Å². The molecule has 2 fully saturated rings. The summed E-state index contributed by atoms with van der Waals surface area (Å²) in [5, 5.41) is 0. The van der Waals surface area contributed by atoms with Crippen LogP contribution >= 0.6 is 0 Å². The molecule has 4 heteroatoms. The Morgan fingerprint density at radius 3 is 2.59 bits per heavy atom. The van der Waals surface area contributed by atoms with Crippen LogP contribution in [0, 0.1) is 0 Å². The van der Waals surface area contributed by atoms with Crippen molar-refractivity contribution in [1.29, 1.82) is 0 Å². The Balaban J connectivity index is 1.22. The van der Waals surface area contributed by atoms with Gasteiger partial charge in [0.2, 0.25) is 0 Å². The highest BCUT2D eigenvalue weighted by Gasteiger charge is 2.21. The van der Waals surface area contributed by atoms with Crippen molar-refractivity contribution >= 4 is 0 Å². The summed E-state index contributed by atoms with van der Waals surface area (Å²) in [5.41, 5.74) is 2.99. The van der Waals surface area contributed by atoms with Crippen LogP contribution in [0.15, 0.2) is 18.2 Å². The Morgan fingerprint density at radius 2 is 1.78 bits per heavy atom. The molecule has 0 N–H and O–H groups in total. The fraction of sp³-hybridized carbons (Fsp3) is 0.739. The molecule has 27 heavy (non-hydrogen) atoms. The van der Waals surface area contributed by atoms with Gasteiger partial charge in [0.05, 0.1) is 12.7 Å². The molecule has 0 spiro atoms. The monoisotopic (exact) mass is 372 g/mol. The van der Waals surface area contributed by atoms with Crippen molar-refractivity contribution in [2.45, 2.75) is 57.5 Å². The lowest BCUT2D eigenvalue weighted by atomic mass is 10.0. The molecule has 4 nitrogen and oxygen atoms in total. The van der Waals surface area contributed by atoms with E-state index < -0.39 is 0 Å². The van der Waals surface area contributed by atoms with Gasteiger partial charge in [-0.15, -0.1) is 0 Å². The second kappa shape index (κ2) is 9.90. The fourth-order valence-electron chi connectivity index (χ4n) is 4.76. The van der Waals surface area contributed by atoms with Gasteiger partial charge in [0, 0.05) is 32.8 Å². The van der Waals surface area contributed by atoms with Crippen molar-refractivity contribution in [2.24, 2.45) is 0 Å². The van der Waals surface area contributed by atoms with Gasteiger partial charge in [-0.3, -0.25) is 0 Å². The zero-order valence-corrected chi connectivity index (χ0v) is 16.8. The molecule has 0 amide bonds. The summed E-state index contributed by atoms with van der Waals surface area (Å²) in [6.07, 6.45) is 10.5. The standard InChI is InChI=1S/C23H36N2O2/c1-2-11-24(12-3-1)13-5-17-26-22-8-7-20-9-14-25(15-10-21(20)18-22)19-23-6-4-16-27-23/h7-8,18,23H,1-6,9-17,19H2. The minimum absolute atomic E-state index is 0.463. The van der Waals surface area contributed by atoms with E-state index in [0.29, 0.717) is 6.10 Å². The van der Waals surface area contributed by atoms with Crippen molar-refractivity contribution in [3.63, 3.8) is 0 Å². The van der Waals surface area contributed by atoms with Crippen LogP contribution in [0.2, 0.25) is 0 Å². The average Bonchev–Trinajstić information content (AvgIpc) is 3.14. The van der Waals surface area contributed by atoms with E-state index in [0.717, 1.165) is 57.9 Å². The summed E-state index contributed by atoms with van der Waals surface area (Å²) in [6, 6.07) is 6.77. The first-order valence-corrected chi connectivity index (χ1v) is 11.2. The molecule has 3 aliphatic rings. The minimum Gasteiger partial charge on any atom is -0.494 e. The molecule has 4 rings (SSSR count). The van der Waals surface area contributed by atoms with E-state index in [4.69, 9.17) is 9.47 Å². The SMILES string of the molecule is c1cc2c(cc1OCCCN1CCCCC1)CCN(CC1CCCO1)CC2. The van der Waals surface area contributed by atoms with Crippen LogP contribution in [-0.2, 0) is 17.6 Å². The van der Waals surface area contributed by atoms with Crippen molar-refractivity contribution in [2.75, 3.05) is 52.5 Å². The van der Waals surface area contributed by atoms with Crippen LogP contribution in [0.1, 0.15) is 49.7 Å². The summed E-state index contributed by atoms with van der Waals surface area (Å²) in [4.78, 5) is 5.18. The highest BCUT2D eigenvalue weighted by Crippen LogP contribution is 2.23. The molecule has 1 unspecified atom stereocenters. The Morgan fingerprint density at radius 1 is 0.926 bits per heavy atom. The summed E-state index contributed by atoms with van der Waals surface area (Å²) >= 11 is 0. The third-order valence-corrected chi connectivity index (χ3v) is 6.39. The Bertz CT molecular complexity index is 580. The maximum absolute atomic E-state index is 6.08. The highest BCUT2D eigenvalue weighted by atomic mass is 16.5. The molecule has 3 heterocycles. The summed E-state index contributed by atoms with van der Waals surface area (Å²) in [5.74, 6) is 1.06. The highest BCUT2D eigenvalue weighted by molar-refractivity contribution is 5.36. The maximum Gasteiger partial charge on any atom is 0.119 e. The van der Waals surface area contributed by atoms with Gasteiger partial charge in [-0.25, -0.2) is 0 Å². The lowest BCUT2D eigenvalue weighted by Crippen LogP contribution is -2.34. The van der Waals surface area contributed by atoms with E-state index in [2.05, 4.69) is 28.0 Å². The molecule has 0 saturated carbocycles. The van der Waals surface area contributed by atoms with Crippen LogP contribution in [0.4, 0.5) is 0 Å². The van der Waals surface area contributed by atoms with Crippen LogP contribution in [0.3, 0.4) is 0 Å². The first-order valence-electron chi connectivity index (χ1n) is 11.2.